The summed E-state index contributed by atoms with van der Waals surface area (Å²) in [5.41, 5.74) is 4.01. The molecule has 0 saturated heterocycles. The standard InChI is InChI=1S/C22H21N7O/c1-15(14-28-20-5-4-17(10-23)9-18(20)12-27-28)3-6-22(30)29-21(7-8-26-29)19-13-24-16(2)11-25-19/h4-5,8-9,11-13,21H,1,3,6-7,14H2,2H3. The van der Waals surface area contributed by atoms with Gasteiger partial charge in [0.2, 0.25) is 5.91 Å². The molecule has 30 heavy (non-hydrogen) atoms. The number of carbonyl (C=O) groups is 1. The summed E-state index contributed by atoms with van der Waals surface area (Å²) in [7, 11) is 0. The Morgan fingerprint density at radius 2 is 2.13 bits per heavy atom. The van der Waals surface area contributed by atoms with Crippen LogP contribution in [0.15, 0.2) is 54.0 Å². The van der Waals surface area contributed by atoms with E-state index in [1.807, 2.05) is 23.7 Å². The molecular weight excluding hydrogens is 378 g/mol. The van der Waals surface area contributed by atoms with Crippen molar-refractivity contribution >= 4 is 23.0 Å². The van der Waals surface area contributed by atoms with Crippen LogP contribution in [-0.2, 0) is 11.3 Å². The maximum atomic E-state index is 12.8. The minimum atomic E-state index is -0.205. The lowest BCUT2D eigenvalue weighted by atomic mass is 10.1. The molecule has 1 amide bonds. The van der Waals surface area contributed by atoms with Crippen LogP contribution in [0.3, 0.4) is 0 Å². The molecule has 0 radical (unpaired) electrons. The van der Waals surface area contributed by atoms with Crippen molar-refractivity contribution in [2.75, 3.05) is 0 Å². The number of hydrogen-bond donors (Lipinski definition) is 0. The van der Waals surface area contributed by atoms with Gasteiger partial charge in [-0.15, -0.1) is 0 Å². The van der Waals surface area contributed by atoms with Crippen LogP contribution in [0.25, 0.3) is 10.9 Å². The first-order chi connectivity index (χ1) is 14.5. The van der Waals surface area contributed by atoms with Crippen LogP contribution >= 0.6 is 0 Å². The lowest BCUT2D eigenvalue weighted by molar-refractivity contribution is -0.133. The number of rotatable bonds is 6. The maximum Gasteiger partial charge on any atom is 0.243 e. The fourth-order valence-electron chi connectivity index (χ4n) is 3.45. The van der Waals surface area contributed by atoms with Crippen molar-refractivity contribution in [3.63, 3.8) is 0 Å². The number of nitriles is 1. The van der Waals surface area contributed by atoms with Gasteiger partial charge in [-0.2, -0.15) is 15.5 Å². The predicted molar refractivity (Wildman–Crippen MR) is 112 cm³/mol. The van der Waals surface area contributed by atoms with Gasteiger partial charge in [0.25, 0.3) is 0 Å². The molecule has 4 rings (SSSR count). The highest BCUT2D eigenvalue weighted by Gasteiger charge is 2.29. The van der Waals surface area contributed by atoms with Gasteiger partial charge >= 0.3 is 0 Å². The van der Waals surface area contributed by atoms with Crippen LogP contribution in [0.4, 0.5) is 0 Å². The highest BCUT2D eigenvalue weighted by atomic mass is 16.2. The Balaban J connectivity index is 1.36. The molecule has 3 aromatic rings. The Labute approximate surface area is 174 Å². The summed E-state index contributed by atoms with van der Waals surface area (Å²) in [4.78, 5) is 21.4. The average molecular weight is 399 g/mol. The topological polar surface area (TPSA) is 100 Å². The van der Waals surface area contributed by atoms with E-state index in [4.69, 9.17) is 5.26 Å². The molecule has 8 nitrogen and oxygen atoms in total. The Hall–Kier alpha value is -3.86. The fraction of sp³-hybridized carbons (Fsp3) is 0.273. The first-order valence-corrected chi connectivity index (χ1v) is 9.70. The molecule has 1 aliphatic rings. The van der Waals surface area contributed by atoms with Crippen molar-refractivity contribution in [2.24, 2.45) is 5.10 Å². The Morgan fingerprint density at radius 3 is 2.90 bits per heavy atom. The number of aromatic nitrogens is 4. The first kappa shape index (κ1) is 19.5. The Bertz CT molecular complexity index is 1170. The minimum Gasteiger partial charge on any atom is -0.273 e. The van der Waals surface area contributed by atoms with Crippen LogP contribution in [0.1, 0.15) is 42.3 Å². The molecule has 0 aliphatic carbocycles. The van der Waals surface area contributed by atoms with E-state index in [9.17, 15) is 4.79 Å². The lowest BCUT2D eigenvalue weighted by Gasteiger charge is -2.21. The van der Waals surface area contributed by atoms with Crippen molar-refractivity contribution < 1.29 is 4.79 Å². The molecule has 1 unspecified atom stereocenters. The van der Waals surface area contributed by atoms with E-state index < -0.39 is 0 Å². The summed E-state index contributed by atoms with van der Waals surface area (Å²) in [6.07, 6.45) is 8.36. The molecule has 1 aromatic carbocycles. The van der Waals surface area contributed by atoms with Gasteiger partial charge in [-0.3, -0.25) is 19.4 Å². The van der Waals surface area contributed by atoms with Gasteiger partial charge in [0.05, 0.1) is 47.5 Å². The fourth-order valence-corrected chi connectivity index (χ4v) is 3.45. The number of carbonyl (C=O) groups excluding carboxylic acids is 1. The third kappa shape index (κ3) is 3.96. The van der Waals surface area contributed by atoms with Crippen LogP contribution in [0.2, 0.25) is 0 Å². The lowest BCUT2D eigenvalue weighted by Crippen LogP contribution is -2.27. The van der Waals surface area contributed by atoms with Gasteiger partial charge in [0.15, 0.2) is 0 Å². The second-order valence-electron chi connectivity index (χ2n) is 7.31. The van der Waals surface area contributed by atoms with Crippen molar-refractivity contribution in [1.82, 2.24) is 24.8 Å². The Kier molecular flexibility index (Phi) is 5.35. The van der Waals surface area contributed by atoms with E-state index in [1.165, 1.54) is 5.01 Å². The molecule has 3 heterocycles. The van der Waals surface area contributed by atoms with Gasteiger partial charge in [-0.05, 0) is 31.5 Å². The summed E-state index contributed by atoms with van der Waals surface area (Å²) >= 11 is 0. The minimum absolute atomic E-state index is 0.0683. The van der Waals surface area contributed by atoms with Gasteiger partial charge in [0, 0.05) is 30.6 Å². The van der Waals surface area contributed by atoms with Crippen LogP contribution in [-0.4, -0.2) is 36.9 Å². The highest BCUT2D eigenvalue weighted by molar-refractivity contribution is 5.81. The van der Waals surface area contributed by atoms with E-state index in [0.717, 1.165) is 27.9 Å². The second kappa shape index (κ2) is 8.25. The third-order valence-corrected chi connectivity index (χ3v) is 5.06. The molecule has 0 fully saturated rings. The normalized spacial score (nSPS) is 15.5. The van der Waals surface area contributed by atoms with E-state index in [2.05, 4.69) is 32.8 Å². The quantitative estimate of drug-likeness (QED) is 0.592. The second-order valence-corrected chi connectivity index (χ2v) is 7.31. The average Bonchev–Trinajstić information content (AvgIpc) is 3.40. The smallest absolute Gasteiger partial charge is 0.243 e. The summed E-state index contributed by atoms with van der Waals surface area (Å²) in [6.45, 7) is 6.50. The molecule has 2 aromatic heterocycles. The summed E-state index contributed by atoms with van der Waals surface area (Å²) < 4.78 is 1.84. The Morgan fingerprint density at radius 1 is 1.27 bits per heavy atom. The number of amides is 1. The number of benzene rings is 1. The van der Waals surface area contributed by atoms with E-state index >= 15 is 0 Å². The molecular formula is C22H21N7O. The van der Waals surface area contributed by atoms with Crippen molar-refractivity contribution in [3.8, 4) is 6.07 Å². The SMILES string of the molecule is C=C(CCC(=O)N1N=CCC1c1cnc(C)cn1)Cn1ncc2cc(C#N)ccc21. The van der Waals surface area contributed by atoms with Crippen LogP contribution < -0.4 is 0 Å². The maximum absolute atomic E-state index is 12.8. The monoisotopic (exact) mass is 399 g/mol. The predicted octanol–water partition coefficient (Wildman–Crippen LogP) is 3.30. The molecule has 0 N–H and O–H groups in total. The van der Waals surface area contributed by atoms with Crippen molar-refractivity contribution in [2.45, 2.75) is 38.8 Å². The molecule has 150 valence electrons. The number of hydrogen-bond acceptors (Lipinski definition) is 6. The number of hydrazone groups is 1. The van der Waals surface area contributed by atoms with Gasteiger partial charge < -0.3 is 0 Å². The number of aryl methyl sites for hydroxylation is 1. The zero-order valence-electron chi connectivity index (χ0n) is 16.7. The number of nitrogens with zero attached hydrogens (tertiary/aromatic N) is 7. The largest absolute Gasteiger partial charge is 0.273 e. The van der Waals surface area contributed by atoms with Gasteiger partial charge in [-0.25, -0.2) is 5.01 Å². The van der Waals surface area contributed by atoms with Gasteiger partial charge in [0.1, 0.15) is 6.04 Å². The zero-order valence-corrected chi connectivity index (χ0v) is 16.7. The first-order valence-electron chi connectivity index (χ1n) is 9.70. The molecule has 0 saturated carbocycles. The third-order valence-electron chi connectivity index (χ3n) is 5.06. The van der Waals surface area contributed by atoms with Crippen molar-refractivity contribution in [3.05, 3.63) is 65.9 Å². The summed E-state index contributed by atoms with van der Waals surface area (Å²) in [5, 5.41) is 20.1. The van der Waals surface area contributed by atoms with Crippen LogP contribution in [0.5, 0.6) is 0 Å². The summed E-state index contributed by atoms with van der Waals surface area (Å²) in [5.74, 6) is -0.0683. The number of fused-ring (bicyclic) bond motifs is 1. The van der Waals surface area contributed by atoms with Crippen LogP contribution in [0, 0.1) is 18.3 Å². The number of allylic oxidation sites excluding steroid dienone is 1. The molecule has 0 bridgehead atoms. The van der Waals surface area contributed by atoms with E-state index in [0.29, 0.717) is 31.4 Å². The molecule has 8 heteroatoms. The highest BCUT2D eigenvalue weighted by Crippen LogP contribution is 2.27. The van der Waals surface area contributed by atoms with E-state index in [1.54, 1.807) is 30.9 Å². The van der Waals surface area contributed by atoms with Gasteiger partial charge in [-0.1, -0.05) is 12.2 Å². The van der Waals surface area contributed by atoms with E-state index in [-0.39, 0.29) is 11.9 Å². The van der Waals surface area contributed by atoms with Crippen molar-refractivity contribution in [1.29, 1.82) is 5.26 Å². The summed E-state index contributed by atoms with van der Waals surface area (Å²) in [6, 6.07) is 7.39. The molecule has 1 atom stereocenters. The molecule has 0 spiro atoms. The zero-order chi connectivity index (χ0) is 21.1. The molecule has 1 aliphatic heterocycles.